The van der Waals surface area contributed by atoms with E-state index in [1.165, 1.54) is 7.11 Å². The Balaban J connectivity index is 1.99. The van der Waals surface area contributed by atoms with E-state index >= 15 is 0 Å². The van der Waals surface area contributed by atoms with E-state index in [9.17, 15) is 14.7 Å². The second kappa shape index (κ2) is 6.81. The minimum Gasteiger partial charge on any atom is -0.504 e. The van der Waals surface area contributed by atoms with Crippen LogP contribution in [-0.2, 0) is 4.79 Å². The first kappa shape index (κ1) is 14.9. The fraction of sp³-hybridized carbons (Fsp3) is 0.0667. The van der Waals surface area contributed by atoms with Gasteiger partial charge >= 0.3 is 0 Å². The van der Waals surface area contributed by atoms with Gasteiger partial charge in [0, 0.05) is 0 Å². The minimum atomic E-state index is -0.373. The van der Waals surface area contributed by atoms with Crippen LogP contribution < -0.4 is 10.1 Å². The first-order chi connectivity index (χ1) is 10.1. The van der Waals surface area contributed by atoms with Crippen molar-refractivity contribution in [2.24, 2.45) is 0 Å². The van der Waals surface area contributed by atoms with Crippen LogP contribution in [0.25, 0.3) is 6.08 Å². The van der Waals surface area contributed by atoms with Crippen molar-refractivity contribution in [2.75, 3.05) is 7.11 Å². The summed E-state index contributed by atoms with van der Waals surface area (Å²) in [7, 11) is 1.49. The van der Waals surface area contributed by atoms with Crippen molar-refractivity contribution in [3.05, 3.63) is 53.0 Å². The van der Waals surface area contributed by atoms with Crippen molar-refractivity contribution >= 4 is 29.0 Å². The van der Waals surface area contributed by atoms with Crippen LogP contribution in [-0.4, -0.2) is 23.4 Å². The molecule has 0 aliphatic carbocycles. The maximum atomic E-state index is 11.3. The normalized spacial score (nSPS) is 17.1. The standard InChI is InChI=1S/C15H13NO4S/c1-20-12-9-10(7-8-11(12)17)5-3-2-4-6-13-14(18)16-15(19)21-13/h2-9,17H,1H3,(H,16,18,19). The average molecular weight is 303 g/mol. The number of hydrogen-bond donors (Lipinski definition) is 2. The molecule has 1 aromatic rings. The molecule has 0 aromatic heterocycles. The zero-order valence-electron chi connectivity index (χ0n) is 11.2. The number of phenols is 1. The van der Waals surface area contributed by atoms with Crippen LogP contribution in [0.2, 0.25) is 0 Å². The van der Waals surface area contributed by atoms with Crippen LogP contribution in [0, 0.1) is 0 Å². The van der Waals surface area contributed by atoms with Crippen molar-refractivity contribution in [3.63, 3.8) is 0 Å². The van der Waals surface area contributed by atoms with E-state index in [1.807, 2.05) is 6.08 Å². The lowest BCUT2D eigenvalue weighted by molar-refractivity contribution is -0.115. The quantitative estimate of drug-likeness (QED) is 0.661. The number of hydrogen-bond acceptors (Lipinski definition) is 5. The van der Waals surface area contributed by atoms with Gasteiger partial charge in [0.15, 0.2) is 11.5 Å². The van der Waals surface area contributed by atoms with Crippen LogP contribution in [0.5, 0.6) is 11.5 Å². The molecule has 6 heteroatoms. The maximum absolute atomic E-state index is 11.3. The first-order valence-electron chi connectivity index (χ1n) is 6.05. The lowest BCUT2D eigenvalue weighted by Crippen LogP contribution is -2.17. The fourth-order valence-electron chi connectivity index (χ4n) is 1.61. The summed E-state index contributed by atoms with van der Waals surface area (Å²) >= 11 is 0.876. The number of thioether (sulfide) groups is 1. The molecule has 0 bridgehead atoms. The fourth-order valence-corrected chi connectivity index (χ4v) is 2.24. The topological polar surface area (TPSA) is 75.6 Å². The molecule has 1 aliphatic heterocycles. The Labute approximate surface area is 126 Å². The van der Waals surface area contributed by atoms with Gasteiger partial charge < -0.3 is 9.84 Å². The third kappa shape index (κ3) is 4.00. The number of ether oxygens (including phenoxy) is 1. The van der Waals surface area contributed by atoms with Crippen LogP contribution in [0.1, 0.15) is 5.56 Å². The highest BCUT2D eigenvalue weighted by Gasteiger charge is 2.23. The number of phenolic OH excluding ortho intramolecular Hbond substituents is 1. The van der Waals surface area contributed by atoms with Crippen molar-refractivity contribution in [3.8, 4) is 11.5 Å². The summed E-state index contributed by atoms with van der Waals surface area (Å²) in [6.45, 7) is 0. The zero-order chi connectivity index (χ0) is 15.2. The molecule has 0 radical (unpaired) electrons. The number of amides is 2. The van der Waals surface area contributed by atoms with Crippen molar-refractivity contribution in [2.45, 2.75) is 0 Å². The van der Waals surface area contributed by atoms with Gasteiger partial charge in [-0.3, -0.25) is 14.9 Å². The number of methoxy groups -OCH3 is 1. The van der Waals surface area contributed by atoms with Gasteiger partial charge in [-0.05, 0) is 35.5 Å². The predicted octanol–water partition coefficient (Wildman–Crippen LogP) is 2.84. The molecule has 0 unspecified atom stereocenters. The van der Waals surface area contributed by atoms with Crippen molar-refractivity contribution in [1.29, 1.82) is 0 Å². The van der Waals surface area contributed by atoms with Gasteiger partial charge in [-0.25, -0.2) is 0 Å². The Bertz CT molecular complexity index is 662. The molecule has 2 amide bonds. The number of nitrogens with one attached hydrogen (secondary N) is 1. The van der Waals surface area contributed by atoms with E-state index in [0.29, 0.717) is 10.7 Å². The largest absolute Gasteiger partial charge is 0.504 e. The Morgan fingerprint density at radius 3 is 2.71 bits per heavy atom. The van der Waals surface area contributed by atoms with Gasteiger partial charge in [-0.15, -0.1) is 0 Å². The van der Waals surface area contributed by atoms with Gasteiger partial charge in [0.05, 0.1) is 12.0 Å². The Morgan fingerprint density at radius 1 is 1.24 bits per heavy atom. The Morgan fingerprint density at radius 2 is 2.05 bits per heavy atom. The van der Waals surface area contributed by atoms with Crippen LogP contribution in [0.15, 0.2) is 47.4 Å². The highest BCUT2D eigenvalue weighted by molar-refractivity contribution is 8.18. The third-order valence-electron chi connectivity index (χ3n) is 2.60. The first-order valence-corrected chi connectivity index (χ1v) is 6.87. The SMILES string of the molecule is COc1cc(C=CC=CC=C2SC(=O)NC2=O)ccc1O. The monoisotopic (exact) mass is 303 g/mol. The summed E-state index contributed by atoms with van der Waals surface area (Å²) in [6, 6.07) is 5.01. The molecule has 1 aromatic carbocycles. The number of allylic oxidation sites excluding steroid dienone is 4. The molecule has 0 atom stereocenters. The van der Waals surface area contributed by atoms with Gasteiger partial charge in [-0.2, -0.15) is 0 Å². The number of rotatable bonds is 4. The molecule has 108 valence electrons. The van der Waals surface area contributed by atoms with Crippen LogP contribution in [0.4, 0.5) is 4.79 Å². The molecule has 1 fully saturated rings. The summed E-state index contributed by atoms with van der Waals surface area (Å²) in [6.07, 6.45) is 8.59. The molecule has 0 spiro atoms. The maximum Gasteiger partial charge on any atom is 0.290 e. The molecule has 2 N–H and O–H groups in total. The van der Waals surface area contributed by atoms with E-state index in [1.54, 1.807) is 42.5 Å². The summed E-state index contributed by atoms with van der Waals surface area (Å²) in [4.78, 5) is 22.6. The molecule has 2 rings (SSSR count). The van der Waals surface area contributed by atoms with E-state index in [0.717, 1.165) is 17.3 Å². The lowest BCUT2D eigenvalue weighted by Gasteiger charge is -2.03. The Hall–Kier alpha value is -2.47. The summed E-state index contributed by atoms with van der Waals surface area (Å²) in [5.74, 6) is 0.117. The number of carbonyl (C=O) groups excluding carboxylic acids is 2. The molecule has 5 nitrogen and oxygen atoms in total. The Kier molecular flexibility index (Phi) is 4.84. The molecular weight excluding hydrogens is 290 g/mol. The summed E-state index contributed by atoms with van der Waals surface area (Å²) in [5, 5.41) is 11.3. The van der Waals surface area contributed by atoms with Gasteiger partial charge in [0.1, 0.15) is 0 Å². The third-order valence-corrected chi connectivity index (χ3v) is 3.43. The van der Waals surface area contributed by atoms with E-state index in [4.69, 9.17) is 4.74 Å². The van der Waals surface area contributed by atoms with Gasteiger partial charge in [0.25, 0.3) is 11.1 Å². The van der Waals surface area contributed by atoms with Crippen LogP contribution >= 0.6 is 11.8 Å². The summed E-state index contributed by atoms with van der Waals surface area (Å²) in [5.41, 5.74) is 0.866. The van der Waals surface area contributed by atoms with Crippen molar-refractivity contribution in [1.82, 2.24) is 5.32 Å². The number of aromatic hydroxyl groups is 1. The van der Waals surface area contributed by atoms with Crippen molar-refractivity contribution < 1.29 is 19.4 Å². The number of benzene rings is 1. The lowest BCUT2D eigenvalue weighted by atomic mass is 10.2. The molecule has 1 heterocycles. The molecule has 1 saturated heterocycles. The van der Waals surface area contributed by atoms with Crippen LogP contribution in [0.3, 0.4) is 0 Å². The van der Waals surface area contributed by atoms with E-state index < -0.39 is 0 Å². The second-order valence-electron chi connectivity index (χ2n) is 4.05. The number of carbonyl (C=O) groups is 2. The highest BCUT2D eigenvalue weighted by atomic mass is 32.2. The number of imide groups is 1. The van der Waals surface area contributed by atoms with E-state index in [2.05, 4.69) is 5.32 Å². The van der Waals surface area contributed by atoms with Gasteiger partial charge in [-0.1, -0.05) is 30.4 Å². The van der Waals surface area contributed by atoms with Gasteiger partial charge in [0.2, 0.25) is 0 Å². The minimum absolute atomic E-state index is 0.0869. The predicted molar refractivity (Wildman–Crippen MR) is 82.0 cm³/mol. The molecule has 0 saturated carbocycles. The molecule has 21 heavy (non-hydrogen) atoms. The molecular formula is C15H13NO4S. The zero-order valence-corrected chi connectivity index (χ0v) is 12.0. The molecule has 1 aliphatic rings. The average Bonchev–Trinajstić information content (AvgIpc) is 2.78. The second-order valence-corrected chi connectivity index (χ2v) is 5.06. The highest BCUT2D eigenvalue weighted by Crippen LogP contribution is 2.26. The summed E-state index contributed by atoms with van der Waals surface area (Å²) < 4.78 is 5.01. The van der Waals surface area contributed by atoms with E-state index in [-0.39, 0.29) is 16.9 Å². The smallest absolute Gasteiger partial charge is 0.290 e.